The number of fused-ring (bicyclic) bond motifs is 1. The third-order valence-electron chi connectivity index (χ3n) is 8.63. The number of nitrogens with one attached hydrogen (secondary N) is 1. The first-order chi connectivity index (χ1) is 22.2. The Morgan fingerprint density at radius 3 is 2.72 bits per heavy atom. The van der Waals surface area contributed by atoms with Gasteiger partial charge < -0.3 is 19.9 Å². The van der Waals surface area contributed by atoms with Gasteiger partial charge in [-0.1, -0.05) is 91.0 Å². The molecule has 0 saturated carbocycles. The summed E-state index contributed by atoms with van der Waals surface area (Å²) >= 11 is 3.58. The van der Waals surface area contributed by atoms with Crippen LogP contribution in [0.1, 0.15) is 99.3 Å². The Bertz CT molecular complexity index is 1110. The summed E-state index contributed by atoms with van der Waals surface area (Å²) in [5.74, 6) is 4.00. The molecule has 0 spiro atoms. The first kappa shape index (κ1) is 40.1. The molecule has 258 valence electrons. The Kier molecular flexibility index (Phi) is 19.6. The van der Waals surface area contributed by atoms with Crippen LogP contribution < -0.4 is 10.1 Å². The van der Waals surface area contributed by atoms with Crippen LogP contribution in [0.5, 0.6) is 5.75 Å². The highest BCUT2D eigenvalue weighted by Gasteiger charge is 2.27. The van der Waals surface area contributed by atoms with Crippen LogP contribution in [0.25, 0.3) is 0 Å². The predicted octanol–water partition coefficient (Wildman–Crippen LogP) is 9.57. The van der Waals surface area contributed by atoms with E-state index in [1.54, 1.807) is 17.8 Å². The topological polar surface area (TPSA) is 77.8 Å². The molecule has 0 saturated heterocycles. The Morgan fingerprint density at radius 2 is 2.04 bits per heavy atom. The highest BCUT2D eigenvalue weighted by Crippen LogP contribution is 2.38. The van der Waals surface area contributed by atoms with Gasteiger partial charge in [0.25, 0.3) is 0 Å². The second-order valence-corrected chi connectivity index (χ2v) is 15.2. The van der Waals surface area contributed by atoms with Crippen molar-refractivity contribution in [2.75, 3.05) is 31.3 Å². The zero-order chi connectivity index (χ0) is 33.8. The predicted molar refractivity (Wildman–Crippen MR) is 197 cm³/mol. The fraction of sp³-hybridized carbons (Fsp3) is 0.658. The van der Waals surface area contributed by atoms with Crippen LogP contribution >= 0.6 is 23.5 Å². The second-order valence-electron chi connectivity index (χ2n) is 13.0. The lowest BCUT2D eigenvalue weighted by Gasteiger charge is -2.36. The summed E-state index contributed by atoms with van der Waals surface area (Å²) < 4.78 is 12.3. The molecule has 1 heterocycles. The van der Waals surface area contributed by atoms with E-state index < -0.39 is 6.10 Å². The molecular weight excluding hydrogens is 611 g/mol. The van der Waals surface area contributed by atoms with Gasteiger partial charge in [0.2, 0.25) is 0 Å². The molecule has 6 nitrogen and oxygen atoms in total. The molecule has 0 aromatic heterocycles. The minimum atomic E-state index is -0.606. The molecule has 1 aliphatic rings. The summed E-state index contributed by atoms with van der Waals surface area (Å²) in [5, 5.41) is 24.8. The molecule has 2 rings (SSSR count). The van der Waals surface area contributed by atoms with Crippen LogP contribution in [0.15, 0.2) is 64.8 Å². The van der Waals surface area contributed by atoms with Crippen molar-refractivity contribution in [1.29, 1.82) is 5.26 Å². The van der Waals surface area contributed by atoms with Crippen molar-refractivity contribution in [2.24, 2.45) is 11.3 Å². The van der Waals surface area contributed by atoms with Crippen LogP contribution in [-0.4, -0.2) is 59.6 Å². The highest BCUT2D eigenvalue weighted by molar-refractivity contribution is 8.00. The van der Waals surface area contributed by atoms with Crippen LogP contribution in [0.2, 0.25) is 0 Å². The van der Waals surface area contributed by atoms with E-state index in [0.717, 1.165) is 81.8 Å². The monoisotopic (exact) mass is 671 g/mol. The maximum atomic E-state index is 11.9. The Morgan fingerprint density at radius 1 is 1.26 bits per heavy atom. The summed E-state index contributed by atoms with van der Waals surface area (Å²) in [6.45, 7) is 19.3. The van der Waals surface area contributed by atoms with Crippen LogP contribution in [0.3, 0.4) is 0 Å². The number of rotatable bonds is 25. The van der Waals surface area contributed by atoms with Crippen LogP contribution in [0, 0.1) is 22.7 Å². The fourth-order valence-corrected chi connectivity index (χ4v) is 7.59. The number of aliphatic hydroxyl groups excluding tert-OH is 1. The first-order valence-electron chi connectivity index (χ1n) is 17.4. The number of allylic oxidation sites excluding steroid dienone is 4. The van der Waals surface area contributed by atoms with Gasteiger partial charge in [0.15, 0.2) is 5.88 Å². The van der Waals surface area contributed by atoms with Crippen molar-refractivity contribution in [3.8, 4) is 11.8 Å². The number of ether oxygens (including phenoxy) is 2. The summed E-state index contributed by atoms with van der Waals surface area (Å²) in [4.78, 5) is 4.83. The van der Waals surface area contributed by atoms with Gasteiger partial charge in [0.05, 0.1) is 23.1 Å². The minimum Gasteiger partial charge on any atom is -0.481 e. The third kappa shape index (κ3) is 15.2. The molecule has 1 aromatic rings. The summed E-state index contributed by atoms with van der Waals surface area (Å²) in [7, 11) is 0. The van der Waals surface area contributed by atoms with E-state index in [-0.39, 0.29) is 17.6 Å². The lowest BCUT2D eigenvalue weighted by molar-refractivity contribution is 0.0384. The number of hydrogen-bond donors (Lipinski definition) is 2. The highest BCUT2D eigenvalue weighted by atomic mass is 32.2. The molecule has 0 fully saturated rings. The van der Waals surface area contributed by atoms with Gasteiger partial charge in [-0.3, -0.25) is 4.90 Å². The molecule has 3 atom stereocenters. The number of nitrogens with zero attached hydrogens (tertiary/aromatic N) is 2. The van der Waals surface area contributed by atoms with Gasteiger partial charge in [0, 0.05) is 36.7 Å². The van der Waals surface area contributed by atoms with E-state index in [9.17, 15) is 10.4 Å². The van der Waals surface area contributed by atoms with Gasteiger partial charge >= 0.3 is 0 Å². The van der Waals surface area contributed by atoms with Gasteiger partial charge in [-0.05, 0) is 74.1 Å². The zero-order valence-electron chi connectivity index (χ0n) is 29.4. The van der Waals surface area contributed by atoms with Crippen molar-refractivity contribution in [2.45, 2.75) is 127 Å². The van der Waals surface area contributed by atoms with Crippen LogP contribution in [-0.2, 0) is 4.74 Å². The van der Waals surface area contributed by atoms with E-state index in [1.165, 1.54) is 9.79 Å². The largest absolute Gasteiger partial charge is 0.481 e. The van der Waals surface area contributed by atoms with Crippen molar-refractivity contribution in [3.05, 3.63) is 55.0 Å². The van der Waals surface area contributed by atoms with Gasteiger partial charge in [-0.15, -0.1) is 11.8 Å². The SMILES string of the molecule is C=C/C=C\CCC(NC(=CCC)OC(CC)CC(CC)CC)C(O)CN(CCSc1ccc2c(c1)SCO2)CC(C)(C)CCC#N. The van der Waals surface area contributed by atoms with Gasteiger partial charge in [-0.25, -0.2) is 0 Å². The molecule has 1 aliphatic heterocycles. The summed E-state index contributed by atoms with van der Waals surface area (Å²) in [5.41, 5.74) is -0.0445. The maximum absolute atomic E-state index is 11.9. The molecule has 0 radical (unpaired) electrons. The molecule has 0 bridgehead atoms. The van der Waals surface area contributed by atoms with Crippen molar-refractivity contribution in [1.82, 2.24) is 10.2 Å². The zero-order valence-corrected chi connectivity index (χ0v) is 31.1. The fourth-order valence-electron chi connectivity index (χ4n) is 5.77. The first-order valence-corrected chi connectivity index (χ1v) is 19.4. The normalized spacial score (nSPS) is 15.4. The molecule has 8 heteroatoms. The number of aliphatic hydroxyl groups is 1. The molecule has 46 heavy (non-hydrogen) atoms. The molecule has 0 aliphatic carbocycles. The van der Waals surface area contributed by atoms with Crippen molar-refractivity contribution in [3.63, 3.8) is 0 Å². The third-order valence-corrected chi connectivity index (χ3v) is 10.5. The minimum absolute atomic E-state index is 0.0445. The average Bonchev–Trinajstić information content (AvgIpc) is 3.51. The number of thioether (sulfide) groups is 2. The van der Waals surface area contributed by atoms with E-state index in [1.807, 2.05) is 17.8 Å². The van der Waals surface area contributed by atoms with E-state index in [0.29, 0.717) is 24.8 Å². The average molecular weight is 672 g/mol. The summed E-state index contributed by atoms with van der Waals surface area (Å²) in [6, 6.07) is 8.57. The lowest BCUT2D eigenvalue weighted by Crippen LogP contribution is -2.48. The number of nitriles is 1. The van der Waals surface area contributed by atoms with Crippen molar-refractivity contribution < 1.29 is 14.6 Å². The standard InChI is InChI=1S/C38H61N3O3S2/c1-8-13-14-15-18-33(40-37(17-9-2)44-31(12-5)25-30(10-3)11-4)34(42)27-41(28-38(6,7)21-16-22-39)23-24-45-32-19-20-35-36(26-32)46-29-43-35/h8,13-14,17,19-20,26,30-31,33-34,40,42H,1,9-12,15-16,18,21,23-25,27-29H2,2-7H3/b14-13-,37-17?. The molecule has 3 unspecified atom stereocenters. The summed E-state index contributed by atoms with van der Waals surface area (Å²) in [6.07, 6.45) is 15.7. The van der Waals surface area contributed by atoms with Gasteiger partial charge in [0.1, 0.15) is 17.8 Å². The second kappa shape index (κ2) is 22.5. The number of hydrogen-bond acceptors (Lipinski definition) is 8. The Hall–Kier alpha value is -2.05. The van der Waals surface area contributed by atoms with Crippen LogP contribution in [0.4, 0.5) is 0 Å². The van der Waals surface area contributed by atoms with E-state index in [2.05, 4.69) is 94.8 Å². The maximum Gasteiger partial charge on any atom is 0.183 e. The molecule has 0 amide bonds. The quantitative estimate of drug-likeness (QED) is 0.0605. The molecule has 2 N–H and O–H groups in total. The Balaban J connectivity index is 2.20. The van der Waals surface area contributed by atoms with E-state index in [4.69, 9.17) is 9.47 Å². The number of benzene rings is 1. The lowest BCUT2D eigenvalue weighted by atomic mass is 9.87. The van der Waals surface area contributed by atoms with Crippen molar-refractivity contribution >= 4 is 23.5 Å². The van der Waals surface area contributed by atoms with Gasteiger partial charge in [-0.2, -0.15) is 5.26 Å². The molecular formula is C38H61N3O3S2. The van der Waals surface area contributed by atoms with E-state index >= 15 is 0 Å². The smallest absolute Gasteiger partial charge is 0.183 e. The molecule has 1 aromatic carbocycles. The Labute approximate surface area is 289 Å².